The van der Waals surface area contributed by atoms with Gasteiger partial charge in [0, 0.05) is 15.7 Å². The summed E-state index contributed by atoms with van der Waals surface area (Å²) in [6.45, 7) is 1.77. The number of halogens is 2. The van der Waals surface area contributed by atoms with Crippen LogP contribution in [0.1, 0.15) is 24.1 Å². The third kappa shape index (κ3) is 5.07. The van der Waals surface area contributed by atoms with Crippen LogP contribution in [0.25, 0.3) is 6.08 Å². The monoisotopic (exact) mass is 701 g/mol. The van der Waals surface area contributed by atoms with E-state index in [-0.39, 0.29) is 17.2 Å². The fourth-order valence-electron chi connectivity index (χ4n) is 4.30. The van der Waals surface area contributed by atoms with Gasteiger partial charge in [-0.2, -0.15) is 0 Å². The van der Waals surface area contributed by atoms with Gasteiger partial charge in [-0.25, -0.2) is 4.99 Å². The van der Waals surface area contributed by atoms with Gasteiger partial charge in [-0.05, 0) is 77.6 Å². The second-order valence-corrected chi connectivity index (χ2v) is 11.6. The number of phenolic OH excluding ortho intramolecular Hbond substituents is 1. The summed E-state index contributed by atoms with van der Waals surface area (Å²) in [6, 6.07) is 19.3. The van der Waals surface area contributed by atoms with E-state index in [0.717, 1.165) is 4.47 Å². The van der Waals surface area contributed by atoms with Crippen molar-refractivity contribution in [3.63, 3.8) is 0 Å². The Morgan fingerprint density at radius 2 is 1.95 bits per heavy atom. The number of methoxy groups -OCH3 is 1. The van der Waals surface area contributed by atoms with Crippen LogP contribution < -0.4 is 24.9 Å². The number of allylic oxidation sites excluding steroid dienone is 1. The van der Waals surface area contributed by atoms with Crippen molar-refractivity contribution in [2.45, 2.75) is 13.0 Å². The van der Waals surface area contributed by atoms with E-state index in [1.54, 1.807) is 44.4 Å². The summed E-state index contributed by atoms with van der Waals surface area (Å²) >= 11 is 6.70. The summed E-state index contributed by atoms with van der Waals surface area (Å²) in [7, 11) is 1.57. The first-order valence-electron chi connectivity index (χ1n) is 11.5. The molecule has 4 aromatic rings. The molecule has 1 aliphatic rings. The summed E-state index contributed by atoms with van der Waals surface area (Å²) in [6.07, 6.45) is 1.65. The van der Waals surface area contributed by atoms with Crippen molar-refractivity contribution in [3.8, 4) is 11.5 Å². The van der Waals surface area contributed by atoms with E-state index < -0.39 is 6.04 Å². The molecule has 0 saturated heterocycles. The number of amides is 1. The molecule has 1 aromatic heterocycles. The van der Waals surface area contributed by atoms with Gasteiger partial charge in [-0.15, -0.1) is 0 Å². The number of hydrogen-bond donors (Lipinski definition) is 2. The zero-order chi connectivity index (χ0) is 27.0. The Morgan fingerprint density at radius 1 is 1.18 bits per heavy atom. The summed E-state index contributed by atoms with van der Waals surface area (Å²) in [4.78, 5) is 32.6. The van der Waals surface area contributed by atoms with Gasteiger partial charge in [0.2, 0.25) is 0 Å². The summed E-state index contributed by atoms with van der Waals surface area (Å²) in [5.74, 6) is 0.345. The molecular formula is C28H21BrIN3O4S. The van der Waals surface area contributed by atoms with E-state index in [4.69, 9.17) is 4.74 Å². The highest BCUT2D eigenvalue weighted by atomic mass is 127. The fraction of sp³-hybridized carbons (Fsp3) is 0.107. The predicted octanol–water partition coefficient (Wildman–Crippen LogP) is 4.96. The molecule has 5 rings (SSSR count). The number of ether oxygens (including phenoxy) is 1. The number of fused-ring (bicyclic) bond motifs is 1. The highest BCUT2D eigenvalue weighted by Crippen LogP contribution is 2.33. The van der Waals surface area contributed by atoms with Crippen molar-refractivity contribution in [1.82, 2.24) is 4.57 Å². The average molecular weight is 702 g/mol. The van der Waals surface area contributed by atoms with Gasteiger partial charge in [-0.1, -0.05) is 57.6 Å². The molecule has 7 nitrogen and oxygen atoms in total. The molecule has 1 amide bonds. The molecule has 1 aliphatic heterocycles. The highest BCUT2D eigenvalue weighted by Gasteiger charge is 2.32. The van der Waals surface area contributed by atoms with Crippen molar-refractivity contribution in [2.75, 3.05) is 12.4 Å². The quantitative estimate of drug-likeness (QED) is 0.288. The smallest absolute Gasteiger partial charge is 0.271 e. The van der Waals surface area contributed by atoms with Crippen LogP contribution in [0, 0.1) is 3.57 Å². The molecule has 0 fully saturated rings. The van der Waals surface area contributed by atoms with Crippen LogP contribution in [0.2, 0.25) is 0 Å². The van der Waals surface area contributed by atoms with E-state index >= 15 is 0 Å². The summed E-state index contributed by atoms with van der Waals surface area (Å²) in [5, 5.41) is 13.5. The van der Waals surface area contributed by atoms with Crippen LogP contribution in [0.5, 0.6) is 11.5 Å². The van der Waals surface area contributed by atoms with Crippen molar-refractivity contribution in [3.05, 3.63) is 117 Å². The first kappa shape index (κ1) is 26.4. The average Bonchev–Trinajstić information content (AvgIpc) is 3.20. The second-order valence-electron chi connectivity index (χ2n) is 8.50. The minimum absolute atomic E-state index is 0.0862. The Kier molecular flexibility index (Phi) is 7.55. The number of thiazole rings is 1. The van der Waals surface area contributed by atoms with Gasteiger partial charge in [0.1, 0.15) is 11.5 Å². The first-order chi connectivity index (χ1) is 18.3. The molecule has 0 saturated carbocycles. The lowest BCUT2D eigenvalue weighted by Crippen LogP contribution is -2.40. The van der Waals surface area contributed by atoms with Crippen LogP contribution >= 0.6 is 49.9 Å². The molecule has 2 N–H and O–H groups in total. The number of nitrogens with one attached hydrogen (secondary N) is 1. The molecule has 38 heavy (non-hydrogen) atoms. The Morgan fingerprint density at radius 3 is 2.68 bits per heavy atom. The number of hydrogen-bond acceptors (Lipinski definition) is 6. The molecule has 2 heterocycles. The number of rotatable bonds is 5. The molecule has 0 bridgehead atoms. The SMILES string of the molecule is COc1cccc([C@H]2C(C(=O)Nc3ccccc3)=C(C)N=c3s/c(=C\c4cc(Br)cc(I)c4O)c(=O)n32)c1. The Hall–Kier alpha value is -3.22. The number of carbonyl (C=O) groups excluding carboxylic acids is 1. The van der Waals surface area contributed by atoms with E-state index in [1.165, 1.54) is 15.9 Å². The van der Waals surface area contributed by atoms with E-state index in [0.29, 0.717) is 46.7 Å². The Bertz CT molecular complexity index is 1780. The number of anilines is 1. The molecule has 0 aliphatic carbocycles. The molecule has 0 unspecified atom stereocenters. The molecule has 3 aromatic carbocycles. The molecule has 1 atom stereocenters. The van der Waals surface area contributed by atoms with Crippen molar-refractivity contribution in [1.29, 1.82) is 0 Å². The Labute approximate surface area is 244 Å². The van der Waals surface area contributed by atoms with Crippen LogP contribution in [0.3, 0.4) is 0 Å². The van der Waals surface area contributed by atoms with Gasteiger partial charge < -0.3 is 15.2 Å². The number of aromatic hydroxyl groups is 1. The third-order valence-electron chi connectivity index (χ3n) is 6.05. The molecule has 0 spiro atoms. The number of aromatic nitrogens is 1. The molecule has 10 heteroatoms. The number of para-hydroxylation sites is 1. The van der Waals surface area contributed by atoms with Crippen LogP contribution in [-0.4, -0.2) is 22.7 Å². The predicted molar refractivity (Wildman–Crippen MR) is 160 cm³/mol. The maximum atomic E-state index is 13.9. The minimum atomic E-state index is -0.733. The van der Waals surface area contributed by atoms with Crippen molar-refractivity contribution in [2.24, 2.45) is 4.99 Å². The third-order valence-corrected chi connectivity index (χ3v) is 8.31. The Balaban J connectivity index is 1.71. The number of benzene rings is 3. The lowest BCUT2D eigenvalue weighted by molar-refractivity contribution is -0.113. The van der Waals surface area contributed by atoms with Gasteiger partial charge >= 0.3 is 0 Å². The van der Waals surface area contributed by atoms with E-state index in [9.17, 15) is 14.7 Å². The zero-order valence-electron chi connectivity index (χ0n) is 20.2. The van der Waals surface area contributed by atoms with Crippen molar-refractivity contribution >= 4 is 67.5 Å². The van der Waals surface area contributed by atoms with Gasteiger partial charge in [-0.3, -0.25) is 14.2 Å². The zero-order valence-corrected chi connectivity index (χ0v) is 24.8. The lowest BCUT2D eigenvalue weighted by Gasteiger charge is -2.25. The van der Waals surface area contributed by atoms with E-state index in [2.05, 4.69) is 26.2 Å². The topological polar surface area (TPSA) is 92.9 Å². The van der Waals surface area contributed by atoms with E-state index in [1.807, 2.05) is 65.1 Å². The van der Waals surface area contributed by atoms with Crippen molar-refractivity contribution < 1.29 is 14.6 Å². The molecule has 0 radical (unpaired) electrons. The molecular weight excluding hydrogens is 681 g/mol. The fourth-order valence-corrected chi connectivity index (χ4v) is 6.88. The van der Waals surface area contributed by atoms with Crippen LogP contribution in [0.4, 0.5) is 5.69 Å². The standard InChI is InChI=1S/C28H21BrIN3O4S/c1-15-23(26(35)32-19-8-4-3-5-9-19)24(16-7-6-10-20(12-16)37-2)33-27(36)22(38-28(33)31-15)13-17-11-18(29)14-21(30)25(17)34/h3-14,24,34H,1-2H3,(H,32,35)/b22-13-/t24-/m0/s1. The lowest BCUT2D eigenvalue weighted by atomic mass is 9.95. The van der Waals surface area contributed by atoms with Gasteiger partial charge in [0.05, 0.1) is 32.5 Å². The first-order valence-corrected chi connectivity index (χ1v) is 14.2. The highest BCUT2D eigenvalue weighted by molar-refractivity contribution is 14.1. The summed E-state index contributed by atoms with van der Waals surface area (Å²) < 4.78 is 8.80. The molecule has 192 valence electrons. The van der Waals surface area contributed by atoms with Gasteiger partial charge in [0.15, 0.2) is 4.80 Å². The van der Waals surface area contributed by atoms with Crippen LogP contribution in [0.15, 0.2) is 92.3 Å². The second kappa shape index (κ2) is 10.9. The maximum Gasteiger partial charge on any atom is 0.271 e. The van der Waals surface area contributed by atoms with Gasteiger partial charge in [0.25, 0.3) is 11.5 Å². The normalized spacial score (nSPS) is 15.2. The minimum Gasteiger partial charge on any atom is -0.506 e. The summed E-state index contributed by atoms with van der Waals surface area (Å²) in [5.41, 5.74) is 2.42. The number of carbonyl (C=O) groups is 1. The van der Waals surface area contributed by atoms with Crippen LogP contribution in [-0.2, 0) is 4.79 Å². The maximum absolute atomic E-state index is 13.9. The number of phenols is 1. The largest absolute Gasteiger partial charge is 0.506 e. The number of nitrogens with zero attached hydrogens (tertiary/aromatic N) is 2.